The summed E-state index contributed by atoms with van der Waals surface area (Å²) in [5, 5.41) is 17.7. The number of aryl methyl sites for hydroxylation is 1. The standard InChI is InChI=1S/C30H37N7O/c1-5-7-22(9-8-21(6-2)29(38)26(34-3)12-14-31)25-19-37(4)28-11-10-23(17-24(25)28)36-30(33)27-16-20(18-32)13-15-35-27/h10-11,13-17,19,21-22,31H,5-9,12H2,1-4H3,(H2,33,36). The molecule has 8 nitrogen and oxygen atoms in total. The predicted octanol–water partition coefficient (Wildman–Crippen LogP) is 5.85. The Kier molecular flexibility index (Phi) is 10.1. The molecule has 198 valence electrons. The number of aliphatic imine (C=N–C) groups is 2. The first-order valence-corrected chi connectivity index (χ1v) is 13.1. The van der Waals surface area contributed by atoms with Crippen LogP contribution in [0.4, 0.5) is 5.69 Å². The lowest BCUT2D eigenvalue weighted by Gasteiger charge is -2.20. The summed E-state index contributed by atoms with van der Waals surface area (Å²) in [6.45, 7) is 4.23. The summed E-state index contributed by atoms with van der Waals surface area (Å²) < 4.78 is 2.14. The van der Waals surface area contributed by atoms with E-state index in [0.717, 1.165) is 48.7 Å². The smallest absolute Gasteiger partial charge is 0.179 e. The molecule has 1 aromatic carbocycles. The summed E-state index contributed by atoms with van der Waals surface area (Å²) in [4.78, 5) is 26.0. The van der Waals surface area contributed by atoms with E-state index in [1.165, 1.54) is 11.8 Å². The summed E-state index contributed by atoms with van der Waals surface area (Å²) in [6, 6.07) is 11.4. The van der Waals surface area contributed by atoms with Gasteiger partial charge in [0, 0.05) is 55.9 Å². The summed E-state index contributed by atoms with van der Waals surface area (Å²) >= 11 is 0. The number of hydrogen-bond donors (Lipinski definition) is 2. The predicted molar refractivity (Wildman–Crippen MR) is 155 cm³/mol. The van der Waals surface area contributed by atoms with Crippen LogP contribution in [0.5, 0.6) is 0 Å². The van der Waals surface area contributed by atoms with Crippen LogP contribution in [0.25, 0.3) is 10.9 Å². The van der Waals surface area contributed by atoms with E-state index in [4.69, 9.17) is 11.1 Å². The van der Waals surface area contributed by atoms with E-state index in [1.807, 2.05) is 26.1 Å². The number of Topliss-reactive ketones (excluding diaryl/α,β-unsaturated/α-hetero) is 1. The van der Waals surface area contributed by atoms with Crippen LogP contribution in [0.2, 0.25) is 0 Å². The molecule has 2 atom stereocenters. The number of pyridine rings is 1. The number of benzene rings is 1. The van der Waals surface area contributed by atoms with Gasteiger partial charge < -0.3 is 15.7 Å². The Morgan fingerprint density at radius 1 is 1.24 bits per heavy atom. The number of nitrogens with two attached hydrogens (primary N) is 1. The molecular formula is C30H37N7O. The third kappa shape index (κ3) is 6.60. The molecule has 0 radical (unpaired) electrons. The fourth-order valence-electron chi connectivity index (χ4n) is 5.00. The van der Waals surface area contributed by atoms with E-state index in [2.05, 4.69) is 44.8 Å². The second kappa shape index (κ2) is 13.4. The highest BCUT2D eigenvalue weighted by Crippen LogP contribution is 2.36. The second-order valence-corrected chi connectivity index (χ2v) is 9.55. The first-order valence-electron chi connectivity index (χ1n) is 13.1. The van der Waals surface area contributed by atoms with Crippen molar-refractivity contribution in [2.75, 3.05) is 7.05 Å². The molecule has 38 heavy (non-hydrogen) atoms. The Hall–Kier alpha value is -4.12. The van der Waals surface area contributed by atoms with Gasteiger partial charge in [0.05, 0.1) is 23.0 Å². The molecule has 0 aliphatic heterocycles. The number of amidine groups is 1. The maximum atomic E-state index is 13.0. The number of nitriles is 1. The number of fused-ring (bicyclic) bond motifs is 1. The van der Waals surface area contributed by atoms with Gasteiger partial charge in [0.1, 0.15) is 11.5 Å². The zero-order valence-corrected chi connectivity index (χ0v) is 22.7. The van der Waals surface area contributed by atoms with Gasteiger partial charge in [0.2, 0.25) is 0 Å². The molecule has 0 aliphatic rings. The van der Waals surface area contributed by atoms with Crippen LogP contribution in [0.3, 0.4) is 0 Å². The maximum absolute atomic E-state index is 13.0. The topological polar surface area (TPSA) is 133 Å². The summed E-state index contributed by atoms with van der Waals surface area (Å²) in [5.41, 5.74) is 10.8. The van der Waals surface area contributed by atoms with Crippen LogP contribution < -0.4 is 5.73 Å². The highest BCUT2D eigenvalue weighted by Gasteiger charge is 2.24. The SMILES string of the molecule is CCCC(CCC(CC)C(=O)C(CC=N)=NC)c1cn(C)c2ccc(N=C(N)c3cc(C#N)ccn3)cc12. The van der Waals surface area contributed by atoms with Crippen LogP contribution in [0, 0.1) is 22.7 Å². The number of carbonyl (C=O) groups is 1. The molecule has 3 aromatic rings. The minimum absolute atomic E-state index is 0.0628. The summed E-state index contributed by atoms with van der Waals surface area (Å²) in [7, 11) is 3.67. The zero-order chi connectivity index (χ0) is 27.7. The average Bonchev–Trinajstić information content (AvgIpc) is 3.26. The Morgan fingerprint density at radius 3 is 2.68 bits per heavy atom. The van der Waals surface area contributed by atoms with E-state index in [-0.39, 0.29) is 24.0 Å². The van der Waals surface area contributed by atoms with Gasteiger partial charge in [-0.1, -0.05) is 20.3 Å². The molecule has 0 saturated carbocycles. The molecule has 0 bridgehead atoms. The molecule has 2 heterocycles. The highest BCUT2D eigenvalue weighted by molar-refractivity contribution is 6.42. The molecule has 2 unspecified atom stereocenters. The third-order valence-electron chi connectivity index (χ3n) is 7.06. The number of nitrogens with one attached hydrogen (secondary N) is 1. The largest absolute Gasteiger partial charge is 0.382 e. The Bertz CT molecular complexity index is 1390. The maximum Gasteiger partial charge on any atom is 0.179 e. The van der Waals surface area contributed by atoms with Crippen molar-refractivity contribution in [2.45, 2.75) is 58.3 Å². The molecular weight excluding hydrogens is 474 g/mol. The van der Waals surface area contributed by atoms with Gasteiger partial charge in [0.15, 0.2) is 5.78 Å². The first-order chi connectivity index (χ1) is 18.4. The Morgan fingerprint density at radius 2 is 2.03 bits per heavy atom. The average molecular weight is 512 g/mol. The van der Waals surface area contributed by atoms with Crippen LogP contribution in [0.1, 0.15) is 75.1 Å². The van der Waals surface area contributed by atoms with E-state index < -0.39 is 0 Å². The molecule has 0 spiro atoms. The van der Waals surface area contributed by atoms with Gasteiger partial charge in [-0.25, -0.2) is 4.99 Å². The number of carbonyl (C=O) groups excluding carboxylic acids is 1. The lowest BCUT2D eigenvalue weighted by Crippen LogP contribution is -2.24. The van der Waals surface area contributed by atoms with Crippen molar-refractivity contribution >= 4 is 40.1 Å². The molecule has 8 heteroatoms. The van der Waals surface area contributed by atoms with Crippen LogP contribution in [-0.2, 0) is 11.8 Å². The normalized spacial score (nSPS) is 13.8. The summed E-state index contributed by atoms with van der Waals surface area (Å²) in [6.07, 6.45) is 9.74. The zero-order valence-electron chi connectivity index (χ0n) is 22.7. The van der Waals surface area contributed by atoms with Gasteiger partial charge >= 0.3 is 0 Å². The highest BCUT2D eigenvalue weighted by atomic mass is 16.1. The van der Waals surface area contributed by atoms with Crippen molar-refractivity contribution in [2.24, 2.45) is 28.7 Å². The van der Waals surface area contributed by atoms with Crippen LogP contribution in [-0.4, -0.2) is 40.1 Å². The molecule has 3 rings (SSSR count). The number of hydrogen-bond acceptors (Lipinski definition) is 6. The lowest BCUT2D eigenvalue weighted by molar-refractivity contribution is -0.116. The van der Waals surface area contributed by atoms with Gasteiger partial charge in [-0.15, -0.1) is 0 Å². The van der Waals surface area contributed by atoms with Crippen molar-refractivity contribution in [3.05, 3.63) is 59.5 Å². The molecule has 0 aliphatic carbocycles. The minimum Gasteiger partial charge on any atom is -0.382 e. The van der Waals surface area contributed by atoms with E-state index in [1.54, 1.807) is 25.4 Å². The van der Waals surface area contributed by atoms with Gasteiger partial charge in [0.25, 0.3) is 0 Å². The van der Waals surface area contributed by atoms with E-state index >= 15 is 0 Å². The molecule has 0 saturated heterocycles. The van der Waals surface area contributed by atoms with Crippen molar-refractivity contribution in [3.63, 3.8) is 0 Å². The molecule has 2 aromatic heterocycles. The fraction of sp³-hybridized carbons (Fsp3) is 0.400. The van der Waals surface area contributed by atoms with Crippen molar-refractivity contribution in [3.8, 4) is 6.07 Å². The first kappa shape index (κ1) is 28.5. The van der Waals surface area contributed by atoms with Gasteiger partial charge in [-0.3, -0.25) is 14.8 Å². The van der Waals surface area contributed by atoms with Gasteiger partial charge in [-0.2, -0.15) is 5.26 Å². The van der Waals surface area contributed by atoms with Crippen molar-refractivity contribution in [1.82, 2.24) is 9.55 Å². The van der Waals surface area contributed by atoms with Crippen LogP contribution >= 0.6 is 0 Å². The number of rotatable bonds is 13. The quantitative estimate of drug-likeness (QED) is 0.220. The number of nitrogens with zero attached hydrogens (tertiary/aromatic N) is 5. The Balaban J connectivity index is 1.92. The fourth-order valence-corrected chi connectivity index (χ4v) is 5.00. The molecule has 3 N–H and O–H groups in total. The summed E-state index contributed by atoms with van der Waals surface area (Å²) in [5.74, 6) is 0.514. The van der Waals surface area contributed by atoms with E-state index in [9.17, 15) is 10.1 Å². The Labute approximate surface area is 224 Å². The second-order valence-electron chi connectivity index (χ2n) is 9.55. The molecule has 0 amide bonds. The van der Waals surface area contributed by atoms with Gasteiger partial charge in [-0.05, 0) is 67.5 Å². The van der Waals surface area contributed by atoms with E-state index in [0.29, 0.717) is 22.9 Å². The van der Waals surface area contributed by atoms with Crippen molar-refractivity contribution < 1.29 is 4.79 Å². The third-order valence-corrected chi connectivity index (χ3v) is 7.06. The van der Waals surface area contributed by atoms with Crippen LogP contribution in [0.15, 0.2) is 52.7 Å². The number of aromatic nitrogens is 2. The lowest BCUT2D eigenvalue weighted by atomic mass is 9.84. The molecule has 0 fully saturated rings. The monoisotopic (exact) mass is 511 g/mol. The van der Waals surface area contributed by atoms with Crippen molar-refractivity contribution in [1.29, 1.82) is 10.7 Å². The number of ketones is 1. The minimum atomic E-state index is -0.0976.